The maximum Gasteiger partial charge on any atom is 0.266 e. The van der Waals surface area contributed by atoms with Gasteiger partial charge in [0, 0.05) is 5.66 Å². The van der Waals surface area contributed by atoms with Crippen LogP contribution >= 0.6 is 0 Å². The highest BCUT2D eigenvalue weighted by Crippen LogP contribution is 2.29. The summed E-state index contributed by atoms with van der Waals surface area (Å²) in [5.74, 6) is 1.12. The lowest BCUT2D eigenvalue weighted by Crippen LogP contribution is -2.38. The first-order valence-electron chi connectivity index (χ1n) is 5.63. The molecule has 88 valence electrons. The summed E-state index contributed by atoms with van der Waals surface area (Å²) in [5, 5.41) is 2.80. The molecule has 1 aromatic heterocycles. The minimum absolute atomic E-state index is 0.177. The standard InChI is InChI=1S/C13H10BNO3/c14-12-6-5-8(17-12)7-11-13(16)15-9-3-1-2-4-10(9)18-11/h1-6,11H,7H2,(H,15,16). The van der Waals surface area contributed by atoms with Gasteiger partial charge in [0.2, 0.25) is 0 Å². The molecule has 0 saturated carbocycles. The Labute approximate surface area is 105 Å². The molecule has 1 aliphatic heterocycles. The molecule has 0 aliphatic carbocycles. The van der Waals surface area contributed by atoms with Gasteiger partial charge >= 0.3 is 0 Å². The molecule has 5 heteroatoms. The molecule has 2 radical (unpaired) electrons. The number of fused-ring (bicyclic) bond motifs is 1. The molecular weight excluding hydrogens is 229 g/mol. The van der Waals surface area contributed by atoms with E-state index in [0.29, 0.717) is 29.3 Å². The maximum atomic E-state index is 11.9. The first-order valence-corrected chi connectivity index (χ1v) is 5.63. The molecule has 0 fully saturated rings. The van der Waals surface area contributed by atoms with Crippen molar-refractivity contribution >= 4 is 25.1 Å². The number of hydrogen-bond acceptors (Lipinski definition) is 3. The zero-order valence-electron chi connectivity index (χ0n) is 9.55. The average molecular weight is 239 g/mol. The van der Waals surface area contributed by atoms with Crippen LogP contribution in [0.3, 0.4) is 0 Å². The minimum atomic E-state index is -0.592. The molecular formula is C13H10BNO3. The maximum absolute atomic E-state index is 11.9. The topological polar surface area (TPSA) is 51.5 Å². The van der Waals surface area contributed by atoms with Crippen LogP contribution in [0.5, 0.6) is 5.75 Å². The molecule has 0 saturated heterocycles. The van der Waals surface area contributed by atoms with Gasteiger partial charge in [-0.2, -0.15) is 0 Å². The third-order valence-corrected chi connectivity index (χ3v) is 2.78. The Morgan fingerprint density at radius 3 is 2.83 bits per heavy atom. The molecule has 1 aromatic carbocycles. The van der Waals surface area contributed by atoms with E-state index in [2.05, 4.69) is 5.32 Å². The Morgan fingerprint density at radius 1 is 1.22 bits per heavy atom. The molecule has 18 heavy (non-hydrogen) atoms. The van der Waals surface area contributed by atoms with Crippen molar-refractivity contribution in [2.45, 2.75) is 12.5 Å². The number of carbonyl (C=O) groups is 1. The number of ether oxygens (including phenoxy) is 1. The van der Waals surface area contributed by atoms with Crippen molar-refractivity contribution in [3.63, 3.8) is 0 Å². The molecule has 1 aliphatic rings. The smallest absolute Gasteiger partial charge is 0.266 e. The molecule has 1 unspecified atom stereocenters. The number of nitrogens with one attached hydrogen (secondary N) is 1. The van der Waals surface area contributed by atoms with Crippen molar-refractivity contribution in [1.82, 2.24) is 0 Å². The van der Waals surface area contributed by atoms with Gasteiger partial charge < -0.3 is 14.5 Å². The largest absolute Gasteiger partial charge is 0.478 e. The van der Waals surface area contributed by atoms with Gasteiger partial charge in [-0.25, -0.2) is 0 Å². The van der Waals surface area contributed by atoms with E-state index in [-0.39, 0.29) is 5.91 Å². The van der Waals surface area contributed by atoms with Crippen LogP contribution in [0.4, 0.5) is 5.69 Å². The third-order valence-electron chi connectivity index (χ3n) is 2.78. The fourth-order valence-corrected chi connectivity index (χ4v) is 1.91. The van der Waals surface area contributed by atoms with Crippen molar-refractivity contribution < 1.29 is 13.9 Å². The Balaban J connectivity index is 1.81. The lowest BCUT2D eigenvalue weighted by Gasteiger charge is -2.25. The third kappa shape index (κ3) is 1.99. The van der Waals surface area contributed by atoms with Gasteiger partial charge in [0.15, 0.2) is 14.0 Å². The highest BCUT2D eigenvalue weighted by molar-refractivity contribution is 6.29. The average Bonchev–Trinajstić information content (AvgIpc) is 2.76. The summed E-state index contributed by atoms with van der Waals surface area (Å²) < 4.78 is 10.9. The molecule has 0 bridgehead atoms. The molecule has 4 nitrogen and oxygen atoms in total. The summed E-state index contributed by atoms with van der Waals surface area (Å²) in [6.45, 7) is 0. The predicted octanol–water partition coefficient (Wildman–Crippen LogP) is 1.02. The highest BCUT2D eigenvalue weighted by Gasteiger charge is 2.28. The summed E-state index contributed by atoms with van der Waals surface area (Å²) in [4.78, 5) is 11.9. The fraction of sp³-hybridized carbons (Fsp3) is 0.154. The van der Waals surface area contributed by atoms with Gasteiger partial charge in [0.1, 0.15) is 11.5 Å². The Bertz CT molecular complexity index is 593. The van der Waals surface area contributed by atoms with E-state index < -0.39 is 6.10 Å². The lowest BCUT2D eigenvalue weighted by molar-refractivity contribution is -0.123. The van der Waals surface area contributed by atoms with Gasteiger partial charge in [-0.1, -0.05) is 12.1 Å². The van der Waals surface area contributed by atoms with Gasteiger partial charge in [-0.15, -0.1) is 0 Å². The Morgan fingerprint density at radius 2 is 2.06 bits per heavy atom. The number of amides is 1. The Kier molecular flexibility index (Phi) is 2.59. The van der Waals surface area contributed by atoms with Crippen LogP contribution in [-0.4, -0.2) is 19.9 Å². The predicted molar refractivity (Wildman–Crippen MR) is 67.3 cm³/mol. The van der Waals surface area contributed by atoms with Crippen LogP contribution in [0.15, 0.2) is 40.8 Å². The van der Waals surface area contributed by atoms with Crippen LogP contribution in [0, 0.1) is 0 Å². The van der Waals surface area contributed by atoms with Crippen molar-refractivity contribution in [2.75, 3.05) is 5.32 Å². The summed E-state index contributed by atoms with van der Waals surface area (Å²) >= 11 is 0. The summed E-state index contributed by atoms with van der Waals surface area (Å²) in [7, 11) is 5.49. The van der Waals surface area contributed by atoms with Gasteiger partial charge in [-0.3, -0.25) is 4.79 Å². The molecule has 1 N–H and O–H groups in total. The number of carbonyl (C=O) groups excluding carboxylic acids is 1. The first-order chi connectivity index (χ1) is 8.72. The second kappa shape index (κ2) is 4.25. The monoisotopic (exact) mass is 239 g/mol. The molecule has 1 amide bonds. The number of rotatable bonds is 2. The van der Waals surface area contributed by atoms with Crippen molar-refractivity contribution in [2.24, 2.45) is 0 Å². The molecule has 3 rings (SSSR count). The quantitative estimate of drug-likeness (QED) is 0.796. The normalized spacial score (nSPS) is 17.8. The van der Waals surface area contributed by atoms with Crippen molar-refractivity contribution in [1.29, 1.82) is 0 Å². The van der Waals surface area contributed by atoms with Crippen LogP contribution < -0.4 is 15.7 Å². The SMILES string of the molecule is [B]c1ccc(CC2Oc3ccccc3NC2=O)o1. The number of furan rings is 1. The van der Waals surface area contributed by atoms with E-state index >= 15 is 0 Å². The second-order valence-corrected chi connectivity index (χ2v) is 4.10. The van der Waals surface area contributed by atoms with Crippen LogP contribution in [0.25, 0.3) is 0 Å². The second-order valence-electron chi connectivity index (χ2n) is 4.10. The van der Waals surface area contributed by atoms with E-state index in [1.807, 2.05) is 18.2 Å². The molecule has 1 atom stereocenters. The van der Waals surface area contributed by atoms with Crippen LogP contribution in [-0.2, 0) is 11.2 Å². The minimum Gasteiger partial charge on any atom is -0.478 e. The summed E-state index contributed by atoms with van der Waals surface area (Å²) in [6.07, 6.45) is -0.234. The van der Waals surface area contributed by atoms with E-state index in [0.717, 1.165) is 0 Å². The Hall–Kier alpha value is -2.17. The van der Waals surface area contributed by atoms with Gasteiger partial charge in [0.05, 0.1) is 12.1 Å². The van der Waals surface area contributed by atoms with Crippen LogP contribution in [0.1, 0.15) is 5.76 Å². The zero-order chi connectivity index (χ0) is 12.5. The first kappa shape index (κ1) is 11.0. The van der Waals surface area contributed by atoms with E-state index in [1.54, 1.807) is 18.2 Å². The highest BCUT2D eigenvalue weighted by atomic mass is 16.5. The van der Waals surface area contributed by atoms with E-state index in [1.165, 1.54) is 0 Å². The lowest BCUT2D eigenvalue weighted by atomic mass is 10.1. The molecule has 0 spiro atoms. The number of para-hydroxylation sites is 2. The number of benzene rings is 1. The van der Waals surface area contributed by atoms with Crippen LogP contribution in [0.2, 0.25) is 0 Å². The van der Waals surface area contributed by atoms with E-state index in [4.69, 9.17) is 17.0 Å². The molecule has 2 aromatic rings. The van der Waals surface area contributed by atoms with Crippen molar-refractivity contribution in [3.05, 3.63) is 42.2 Å². The van der Waals surface area contributed by atoms with Gasteiger partial charge in [0.25, 0.3) is 5.91 Å². The summed E-state index contributed by atoms with van der Waals surface area (Å²) in [5.41, 5.74) is 1.03. The molecule has 2 heterocycles. The number of hydrogen-bond donors (Lipinski definition) is 1. The summed E-state index contributed by atoms with van der Waals surface area (Å²) in [6, 6.07) is 10.7. The van der Waals surface area contributed by atoms with Crippen molar-refractivity contribution in [3.8, 4) is 5.75 Å². The zero-order valence-corrected chi connectivity index (χ0v) is 9.55. The fourth-order valence-electron chi connectivity index (χ4n) is 1.91. The number of anilines is 1. The van der Waals surface area contributed by atoms with Gasteiger partial charge in [-0.05, 0) is 24.3 Å². The van der Waals surface area contributed by atoms with E-state index in [9.17, 15) is 4.79 Å².